The maximum absolute atomic E-state index is 7.33. The molecule has 0 aliphatic carbocycles. The van der Waals surface area contributed by atoms with Gasteiger partial charge in [-0.05, 0) is 0 Å². The Hall–Kier alpha value is 2.59. The first kappa shape index (κ1) is 29.6. The van der Waals surface area contributed by atoms with E-state index in [0.29, 0.717) is 0 Å². The van der Waals surface area contributed by atoms with E-state index in [1.54, 1.807) is 0 Å². The summed E-state index contributed by atoms with van der Waals surface area (Å²) in [5, 5.41) is 0. The molecule has 0 aromatic heterocycles. The van der Waals surface area contributed by atoms with Crippen molar-refractivity contribution in [3.63, 3.8) is 0 Å². The molecule has 0 atom stereocenters. The SMILES string of the molecule is O.O[Si](O)(O)O.O[Si](O)(O)O.[CaH2].[CaH2]. The van der Waals surface area contributed by atoms with Crippen molar-refractivity contribution in [3.05, 3.63) is 0 Å². The second-order valence-electron chi connectivity index (χ2n) is 1.20. The zero-order valence-electron chi connectivity index (χ0n) is 5.08. The second-order valence-corrected chi connectivity index (χ2v) is 3.60. The van der Waals surface area contributed by atoms with Crippen molar-refractivity contribution in [1.82, 2.24) is 0 Å². The Labute approximate surface area is 135 Å². The minimum absolute atomic E-state index is 0. The summed E-state index contributed by atoms with van der Waals surface area (Å²) in [6, 6.07) is 0. The van der Waals surface area contributed by atoms with Gasteiger partial charge < -0.3 is 43.8 Å². The molecule has 0 heterocycles. The standard InChI is InChI=1S/2Ca.2H4O4Si.H2O.4H/c;;2*1-5(2,3)4;;;;;/h;;2*1-4H;1H2;;;;. The van der Waals surface area contributed by atoms with Crippen LogP contribution in [0.2, 0.25) is 0 Å². The Balaban J connectivity index is -0.0000000267. The summed E-state index contributed by atoms with van der Waals surface area (Å²) in [4.78, 5) is 58.6. The van der Waals surface area contributed by atoms with Crippen LogP contribution in [-0.2, 0) is 0 Å². The van der Waals surface area contributed by atoms with Crippen LogP contribution in [0.1, 0.15) is 0 Å². The van der Waals surface area contributed by atoms with Gasteiger partial charge in [0.1, 0.15) is 0 Å². The summed E-state index contributed by atoms with van der Waals surface area (Å²) in [6.07, 6.45) is 0. The van der Waals surface area contributed by atoms with E-state index < -0.39 is 18.1 Å². The Morgan fingerprint density at radius 2 is 0.462 bits per heavy atom. The van der Waals surface area contributed by atoms with Gasteiger partial charge in [-0.3, -0.25) is 0 Å². The predicted molar refractivity (Wildman–Crippen MR) is 50.0 cm³/mol. The number of hydrogen-bond donors (Lipinski definition) is 8. The van der Waals surface area contributed by atoms with Crippen LogP contribution < -0.4 is 0 Å². The summed E-state index contributed by atoms with van der Waals surface area (Å²) < 4.78 is 0. The van der Waals surface area contributed by atoms with E-state index in [-0.39, 0.29) is 81.0 Å². The molecule has 0 saturated carbocycles. The van der Waals surface area contributed by atoms with Crippen molar-refractivity contribution >= 4 is 93.6 Å². The molecular weight excluding hydrogens is 280 g/mol. The summed E-state index contributed by atoms with van der Waals surface area (Å²) in [5.74, 6) is 0. The molecule has 0 aliphatic rings. The predicted octanol–water partition coefficient (Wildman–Crippen LogP) is -7.87. The molecule has 0 unspecified atom stereocenters. The molecular formula is H14Ca2O9Si2. The van der Waals surface area contributed by atoms with E-state index in [1.807, 2.05) is 0 Å². The molecule has 13 heteroatoms. The van der Waals surface area contributed by atoms with Gasteiger partial charge in [-0.1, -0.05) is 0 Å². The molecule has 0 fully saturated rings. The van der Waals surface area contributed by atoms with Gasteiger partial charge in [0, 0.05) is 0 Å². The zero-order valence-corrected chi connectivity index (χ0v) is 7.08. The van der Waals surface area contributed by atoms with Crippen LogP contribution in [0.15, 0.2) is 0 Å². The van der Waals surface area contributed by atoms with Gasteiger partial charge in [0.25, 0.3) is 0 Å². The average Bonchev–Trinajstić information content (AvgIpc) is 1.12. The molecule has 10 N–H and O–H groups in total. The van der Waals surface area contributed by atoms with Crippen molar-refractivity contribution in [1.29, 1.82) is 0 Å². The van der Waals surface area contributed by atoms with Gasteiger partial charge in [0.05, 0.1) is 0 Å². The van der Waals surface area contributed by atoms with Gasteiger partial charge in [0.2, 0.25) is 0 Å². The van der Waals surface area contributed by atoms with Crippen molar-refractivity contribution in [3.8, 4) is 0 Å². The summed E-state index contributed by atoms with van der Waals surface area (Å²) >= 11 is 0. The first-order valence-electron chi connectivity index (χ1n) is 1.79. The maximum atomic E-state index is 7.33. The third kappa shape index (κ3) is 344. The summed E-state index contributed by atoms with van der Waals surface area (Å²) in [7, 11) is -9.22. The van der Waals surface area contributed by atoms with Gasteiger partial charge >= 0.3 is 93.6 Å². The molecule has 0 aromatic carbocycles. The molecule has 0 spiro atoms. The Kier molecular flexibility index (Phi) is 28.8. The molecule has 0 radical (unpaired) electrons. The van der Waals surface area contributed by atoms with Gasteiger partial charge in [-0.25, -0.2) is 0 Å². The van der Waals surface area contributed by atoms with Crippen LogP contribution in [0, 0.1) is 0 Å². The third-order valence-corrected chi connectivity index (χ3v) is 0. The van der Waals surface area contributed by atoms with Gasteiger partial charge in [-0.15, -0.1) is 0 Å². The molecule has 0 bridgehead atoms. The first-order chi connectivity index (χ1) is 4.00. The van der Waals surface area contributed by atoms with Crippen molar-refractivity contribution in [2.24, 2.45) is 0 Å². The van der Waals surface area contributed by atoms with Gasteiger partial charge in [0.15, 0.2) is 0 Å². The topological polar surface area (TPSA) is 193 Å². The molecule has 0 rings (SSSR count). The Bertz CT molecular complexity index is 58.6. The van der Waals surface area contributed by atoms with Crippen LogP contribution in [-0.4, -0.2) is 137 Å². The second kappa shape index (κ2) is 12.7. The van der Waals surface area contributed by atoms with Crippen LogP contribution >= 0.6 is 0 Å². The quantitative estimate of drug-likeness (QED) is 0.202. The normalized spacial score (nSPS) is 9.23. The fourth-order valence-corrected chi connectivity index (χ4v) is 0. The van der Waals surface area contributed by atoms with Crippen LogP contribution in [0.4, 0.5) is 0 Å². The molecule has 9 nitrogen and oxygen atoms in total. The minimum atomic E-state index is -4.61. The molecule has 0 aromatic rings. The van der Waals surface area contributed by atoms with Crippen LogP contribution in [0.3, 0.4) is 0 Å². The van der Waals surface area contributed by atoms with E-state index in [1.165, 1.54) is 0 Å². The number of hydrogen-bond acceptors (Lipinski definition) is 8. The Morgan fingerprint density at radius 3 is 0.462 bits per heavy atom. The molecule has 0 saturated heterocycles. The first-order valence-corrected chi connectivity index (χ1v) is 5.37. The Morgan fingerprint density at radius 1 is 0.462 bits per heavy atom. The third-order valence-electron chi connectivity index (χ3n) is 0. The van der Waals surface area contributed by atoms with E-state index in [9.17, 15) is 0 Å². The van der Waals surface area contributed by atoms with Crippen molar-refractivity contribution in [2.75, 3.05) is 0 Å². The summed E-state index contributed by atoms with van der Waals surface area (Å²) in [5.41, 5.74) is 0. The van der Waals surface area contributed by atoms with E-state index in [2.05, 4.69) is 0 Å². The zero-order chi connectivity index (χ0) is 9.00. The fourth-order valence-electron chi connectivity index (χ4n) is 0. The van der Waals surface area contributed by atoms with E-state index in [0.717, 1.165) is 0 Å². The van der Waals surface area contributed by atoms with Crippen molar-refractivity contribution < 1.29 is 43.8 Å². The van der Waals surface area contributed by atoms with E-state index >= 15 is 0 Å². The molecule has 80 valence electrons. The average molecular weight is 294 g/mol. The van der Waals surface area contributed by atoms with Gasteiger partial charge in [-0.2, -0.15) is 0 Å². The molecule has 13 heavy (non-hydrogen) atoms. The van der Waals surface area contributed by atoms with Crippen LogP contribution in [0.25, 0.3) is 0 Å². The molecule has 0 aliphatic heterocycles. The summed E-state index contributed by atoms with van der Waals surface area (Å²) in [6.45, 7) is 0. The monoisotopic (exact) mass is 294 g/mol. The number of rotatable bonds is 0. The fraction of sp³-hybridized carbons (Fsp3) is 0. The molecule has 0 amide bonds. The van der Waals surface area contributed by atoms with E-state index in [4.69, 9.17) is 38.4 Å². The van der Waals surface area contributed by atoms with Crippen LogP contribution in [0.5, 0.6) is 0 Å². The van der Waals surface area contributed by atoms with Crippen molar-refractivity contribution in [2.45, 2.75) is 0 Å².